The molecule has 6 nitrogen and oxygen atoms in total. The Balaban J connectivity index is 1.23. The molecule has 3 amide bonds. The molecule has 5 aliphatic rings. The van der Waals surface area contributed by atoms with Crippen molar-refractivity contribution in [1.82, 2.24) is 4.90 Å². The summed E-state index contributed by atoms with van der Waals surface area (Å²) in [6.45, 7) is 3.51. The summed E-state index contributed by atoms with van der Waals surface area (Å²) in [6.07, 6.45) is 9.65. The fraction of sp³-hybridized carbons (Fsp3) is 0.452. The molecule has 198 valence electrons. The number of thioether (sulfide) groups is 1. The van der Waals surface area contributed by atoms with Gasteiger partial charge < -0.3 is 10.1 Å². The first-order valence-electron chi connectivity index (χ1n) is 13.5. The minimum Gasteiger partial charge on any atom is -0.496 e. The third-order valence-corrected chi connectivity index (χ3v) is 10.00. The maximum atomic E-state index is 13.2. The van der Waals surface area contributed by atoms with Gasteiger partial charge in [-0.1, -0.05) is 24.3 Å². The number of carbonyl (C=O) groups is 3. The molecule has 1 N–H and O–H groups in total. The van der Waals surface area contributed by atoms with Crippen molar-refractivity contribution in [2.75, 3.05) is 19.0 Å². The van der Waals surface area contributed by atoms with Crippen LogP contribution in [-0.4, -0.2) is 35.6 Å². The summed E-state index contributed by atoms with van der Waals surface area (Å²) in [5.74, 6) is 2.33. The number of hydrogen-bond acceptors (Lipinski definition) is 5. The van der Waals surface area contributed by atoms with Crippen LogP contribution in [0.5, 0.6) is 5.75 Å². The van der Waals surface area contributed by atoms with Crippen LogP contribution < -0.4 is 10.1 Å². The quantitative estimate of drug-likeness (QED) is 0.434. The Kier molecular flexibility index (Phi) is 6.37. The molecule has 1 aliphatic heterocycles. The molecule has 0 spiro atoms. The molecule has 7 heteroatoms. The first kappa shape index (κ1) is 25.2. The minimum atomic E-state index is -0.445. The first-order valence-corrected chi connectivity index (χ1v) is 14.4. The van der Waals surface area contributed by atoms with E-state index < -0.39 is 17.1 Å². The Morgan fingerprint density at radius 3 is 2.29 bits per heavy atom. The zero-order valence-electron chi connectivity index (χ0n) is 22.2. The highest BCUT2D eigenvalue weighted by molar-refractivity contribution is 8.18. The fourth-order valence-electron chi connectivity index (χ4n) is 7.75. The van der Waals surface area contributed by atoms with Gasteiger partial charge in [0.1, 0.15) is 12.3 Å². The number of hydrogen-bond donors (Lipinski definition) is 1. The van der Waals surface area contributed by atoms with Crippen molar-refractivity contribution in [3.8, 4) is 5.75 Å². The molecule has 7 rings (SSSR count). The minimum absolute atomic E-state index is 0.217. The number of rotatable bonds is 6. The second-order valence-electron chi connectivity index (χ2n) is 11.7. The Bertz CT molecular complexity index is 1310. The fourth-order valence-corrected chi connectivity index (χ4v) is 8.58. The average Bonchev–Trinajstić information content (AvgIpc) is 3.13. The van der Waals surface area contributed by atoms with Crippen molar-refractivity contribution in [3.63, 3.8) is 0 Å². The van der Waals surface area contributed by atoms with Crippen molar-refractivity contribution >= 4 is 40.6 Å². The first-order chi connectivity index (χ1) is 18.2. The van der Waals surface area contributed by atoms with E-state index in [0.717, 1.165) is 51.1 Å². The Hall–Kier alpha value is -3.06. The van der Waals surface area contributed by atoms with Crippen LogP contribution in [-0.2, 0) is 15.0 Å². The Labute approximate surface area is 228 Å². The third kappa shape index (κ3) is 4.45. The second-order valence-corrected chi connectivity index (χ2v) is 12.7. The van der Waals surface area contributed by atoms with Crippen LogP contribution in [0.3, 0.4) is 0 Å². The molecule has 2 aromatic rings. The third-order valence-electron chi connectivity index (χ3n) is 9.09. The van der Waals surface area contributed by atoms with E-state index in [2.05, 4.69) is 17.4 Å². The zero-order chi connectivity index (χ0) is 26.6. The Morgan fingerprint density at radius 1 is 1.05 bits per heavy atom. The molecule has 2 aromatic carbocycles. The van der Waals surface area contributed by atoms with E-state index in [1.165, 1.54) is 44.1 Å². The highest BCUT2D eigenvalue weighted by Crippen LogP contribution is 2.61. The van der Waals surface area contributed by atoms with E-state index in [1.54, 1.807) is 13.2 Å². The summed E-state index contributed by atoms with van der Waals surface area (Å²) >= 11 is 0.879. The number of para-hydroxylation sites is 1. The molecule has 0 aromatic heterocycles. The standard InChI is InChI=1S/C31H34N2O4S/c1-18-5-4-6-19(2)28(18)32-27(34)17-33-29(35)26(38-30(33)36)13-23-12-24(7-8-25(23)37-3)31-14-20-9-21(15-31)11-22(10-20)16-31/h4-8,12-13,20-22H,9-11,14-17H2,1-3H3,(H,32,34)/b26-13+. The van der Waals surface area contributed by atoms with Gasteiger partial charge in [0.2, 0.25) is 5.91 Å². The van der Waals surface area contributed by atoms with Gasteiger partial charge in [-0.2, -0.15) is 0 Å². The van der Waals surface area contributed by atoms with Crippen LogP contribution >= 0.6 is 11.8 Å². The van der Waals surface area contributed by atoms with Gasteiger partial charge in [-0.15, -0.1) is 0 Å². The summed E-state index contributed by atoms with van der Waals surface area (Å²) in [5.41, 5.74) is 4.93. The largest absolute Gasteiger partial charge is 0.496 e. The zero-order valence-corrected chi connectivity index (χ0v) is 23.0. The van der Waals surface area contributed by atoms with Gasteiger partial charge in [0.05, 0.1) is 12.0 Å². The van der Waals surface area contributed by atoms with Crippen LogP contribution in [0, 0.1) is 31.6 Å². The molecule has 1 heterocycles. The van der Waals surface area contributed by atoms with Crippen LogP contribution in [0.4, 0.5) is 10.5 Å². The summed E-state index contributed by atoms with van der Waals surface area (Å²) in [4.78, 5) is 40.1. The van der Waals surface area contributed by atoms with Crippen molar-refractivity contribution in [2.45, 2.75) is 57.8 Å². The average molecular weight is 531 g/mol. The van der Waals surface area contributed by atoms with Crippen molar-refractivity contribution < 1.29 is 19.1 Å². The van der Waals surface area contributed by atoms with Gasteiger partial charge >= 0.3 is 0 Å². The smallest absolute Gasteiger partial charge is 0.294 e. The van der Waals surface area contributed by atoms with Crippen LogP contribution in [0.2, 0.25) is 0 Å². The lowest BCUT2D eigenvalue weighted by atomic mass is 9.48. The number of nitrogens with zero attached hydrogens (tertiary/aromatic N) is 1. The van der Waals surface area contributed by atoms with Crippen LogP contribution in [0.15, 0.2) is 41.3 Å². The topological polar surface area (TPSA) is 75.7 Å². The van der Waals surface area contributed by atoms with E-state index in [4.69, 9.17) is 4.74 Å². The normalized spacial score (nSPS) is 28.9. The van der Waals surface area contributed by atoms with E-state index >= 15 is 0 Å². The molecule has 4 saturated carbocycles. The van der Waals surface area contributed by atoms with Gasteiger partial charge in [0, 0.05) is 11.3 Å². The lowest BCUT2D eigenvalue weighted by Crippen LogP contribution is -2.48. The molecule has 1 saturated heterocycles. The highest BCUT2D eigenvalue weighted by Gasteiger charge is 2.51. The summed E-state index contributed by atoms with van der Waals surface area (Å²) in [6, 6.07) is 12.1. The molecule has 38 heavy (non-hydrogen) atoms. The molecular formula is C31H34N2O4S. The molecule has 4 aliphatic carbocycles. The monoisotopic (exact) mass is 530 g/mol. The molecule has 4 bridgehead atoms. The van der Waals surface area contributed by atoms with E-state index in [-0.39, 0.29) is 12.0 Å². The predicted octanol–water partition coefficient (Wildman–Crippen LogP) is 6.45. The number of methoxy groups -OCH3 is 1. The molecule has 5 fully saturated rings. The van der Waals surface area contributed by atoms with E-state index in [1.807, 2.05) is 38.1 Å². The number of amides is 3. The number of aryl methyl sites for hydroxylation is 2. The number of anilines is 1. The summed E-state index contributed by atoms with van der Waals surface area (Å²) < 4.78 is 5.64. The summed E-state index contributed by atoms with van der Waals surface area (Å²) in [7, 11) is 1.63. The molecular weight excluding hydrogens is 496 g/mol. The van der Waals surface area contributed by atoms with Crippen molar-refractivity contribution in [3.05, 3.63) is 63.6 Å². The Morgan fingerprint density at radius 2 is 1.68 bits per heavy atom. The number of ether oxygens (including phenoxy) is 1. The van der Waals surface area contributed by atoms with E-state index in [0.29, 0.717) is 16.3 Å². The predicted molar refractivity (Wildman–Crippen MR) is 150 cm³/mol. The molecule has 0 atom stereocenters. The van der Waals surface area contributed by atoms with Crippen molar-refractivity contribution in [2.24, 2.45) is 17.8 Å². The lowest BCUT2D eigenvalue weighted by molar-refractivity contribution is -0.127. The number of carbonyl (C=O) groups excluding carboxylic acids is 3. The van der Waals surface area contributed by atoms with Gasteiger partial charge in [0.15, 0.2) is 0 Å². The number of nitrogens with one attached hydrogen (secondary N) is 1. The number of benzene rings is 2. The van der Waals surface area contributed by atoms with Crippen LogP contribution in [0.1, 0.15) is 60.8 Å². The number of imide groups is 1. The second kappa shape index (κ2) is 9.60. The summed E-state index contributed by atoms with van der Waals surface area (Å²) in [5, 5.41) is 2.43. The van der Waals surface area contributed by atoms with Crippen molar-refractivity contribution in [1.29, 1.82) is 0 Å². The van der Waals surface area contributed by atoms with Crippen LogP contribution in [0.25, 0.3) is 6.08 Å². The van der Waals surface area contributed by atoms with Gasteiger partial charge in [-0.25, -0.2) is 0 Å². The molecule has 0 unspecified atom stereocenters. The highest BCUT2D eigenvalue weighted by atomic mass is 32.2. The molecule has 0 radical (unpaired) electrons. The van der Waals surface area contributed by atoms with Gasteiger partial charge in [-0.3, -0.25) is 19.3 Å². The van der Waals surface area contributed by atoms with E-state index in [9.17, 15) is 14.4 Å². The maximum absolute atomic E-state index is 13.2. The van der Waals surface area contributed by atoms with Gasteiger partial charge in [-0.05, 0) is 122 Å². The maximum Gasteiger partial charge on any atom is 0.294 e. The SMILES string of the molecule is COc1ccc(C23CC4CC(CC(C4)C2)C3)cc1/C=C1/SC(=O)N(CC(=O)Nc2c(C)cccc2C)C1=O. The lowest BCUT2D eigenvalue weighted by Gasteiger charge is -2.57. The van der Waals surface area contributed by atoms with Gasteiger partial charge in [0.25, 0.3) is 11.1 Å².